The van der Waals surface area contributed by atoms with Gasteiger partial charge in [-0.2, -0.15) is 0 Å². The van der Waals surface area contributed by atoms with Crippen LogP contribution >= 0.6 is 11.3 Å². The lowest BCUT2D eigenvalue weighted by molar-refractivity contribution is -0.116. The van der Waals surface area contributed by atoms with E-state index in [1.807, 2.05) is 13.0 Å². The summed E-state index contributed by atoms with van der Waals surface area (Å²) in [5.41, 5.74) is 1.46. The minimum atomic E-state index is -0.218. The highest BCUT2D eigenvalue weighted by molar-refractivity contribution is 7.15. The minimum Gasteiger partial charge on any atom is -0.319 e. The van der Waals surface area contributed by atoms with Crippen molar-refractivity contribution < 1.29 is 9.18 Å². The molecule has 6 heteroatoms. The maximum Gasteiger partial charge on any atom is 0.227 e. The van der Waals surface area contributed by atoms with Gasteiger partial charge < -0.3 is 10.6 Å². The molecule has 0 aliphatic rings. The van der Waals surface area contributed by atoms with E-state index in [4.69, 9.17) is 0 Å². The molecule has 112 valence electrons. The summed E-state index contributed by atoms with van der Waals surface area (Å²) in [5.74, 6) is -0.291. The molecule has 2 aromatic rings. The second kappa shape index (κ2) is 7.28. The van der Waals surface area contributed by atoms with E-state index in [0.29, 0.717) is 30.1 Å². The number of carbonyl (C=O) groups is 1. The van der Waals surface area contributed by atoms with Crippen molar-refractivity contribution >= 4 is 22.4 Å². The lowest BCUT2D eigenvalue weighted by atomic mass is 10.1. The molecule has 0 bridgehead atoms. The van der Waals surface area contributed by atoms with E-state index in [0.717, 1.165) is 10.6 Å². The van der Waals surface area contributed by atoms with Crippen molar-refractivity contribution in [2.45, 2.75) is 19.8 Å². The highest BCUT2D eigenvalue weighted by atomic mass is 32.1. The van der Waals surface area contributed by atoms with Crippen LogP contribution in [-0.2, 0) is 11.2 Å². The predicted molar refractivity (Wildman–Crippen MR) is 83.2 cm³/mol. The van der Waals surface area contributed by atoms with Gasteiger partial charge in [-0.05, 0) is 25.6 Å². The van der Waals surface area contributed by atoms with Crippen LogP contribution in [0.5, 0.6) is 0 Å². The number of halogens is 1. The number of aryl methyl sites for hydroxylation is 1. The van der Waals surface area contributed by atoms with E-state index in [1.165, 1.54) is 17.4 Å². The van der Waals surface area contributed by atoms with Crippen molar-refractivity contribution in [3.63, 3.8) is 0 Å². The predicted octanol–water partition coefficient (Wildman–Crippen LogP) is 2.73. The fraction of sp³-hybridized carbons (Fsp3) is 0.333. The number of carbonyl (C=O) groups excluding carboxylic acids is 1. The van der Waals surface area contributed by atoms with Gasteiger partial charge in [0, 0.05) is 24.3 Å². The number of hydrogen-bond donors (Lipinski definition) is 2. The fourth-order valence-electron chi connectivity index (χ4n) is 1.88. The second-order valence-electron chi connectivity index (χ2n) is 4.70. The van der Waals surface area contributed by atoms with Crippen LogP contribution in [0.1, 0.15) is 22.6 Å². The molecule has 0 aliphatic heterocycles. The van der Waals surface area contributed by atoms with E-state index in [1.54, 1.807) is 19.2 Å². The van der Waals surface area contributed by atoms with E-state index < -0.39 is 0 Å². The Bertz CT molecular complexity index is 627. The summed E-state index contributed by atoms with van der Waals surface area (Å²) < 4.78 is 13.7. The highest BCUT2D eigenvalue weighted by Crippen LogP contribution is 2.26. The molecule has 2 N–H and O–H groups in total. The standard InChI is InChI=1S/C15H18FN3OS/c1-10-13(9-11-5-3-4-6-12(11)16)21-15(18-10)19-14(20)7-8-17-2/h3-6,17H,7-9H2,1-2H3,(H,18,19,20). The van der Waals surface area contributed by atoms with Crippen molar-refractivity contribution in [2.75, 3.05) is 18.9 Å². The van der Waals surface area contributed by atoms with Gasteiger partial charge in [-0.15, -0.1) is 11.3 Å². The molecule has 0 radical (unpaired) electrons. The molecule has 0 unspecified atom stereocenters. The molecule has 0 fully saturated rings. The van der Waals surface area contributed by atoms with Crippen molar-refractivity contribution in [1.82, 2.24) is 10.3 Å². The minimum absolute atomic E-state index is 0.0736. The first kappa shape index (κ1) is 15.6. The molecule has 2 rings (SSSR count). The van der Waals surface area contributed by atoms with Gasteiger partial charge in [-0.1, -0.05) is 18.2 Å². The van der Waals surface area contributed by atoms with Crippen molar-refractivity contribution in [3.05, 3.63) is 46.2 Å². The largest absolute Gasteiger partial charge is 0.319 e. The number of amides is 1. The summed E-state index contributed by atoms with van der Waals surface area (Å²) in [6.07, 6.45) is 0.889. The summed E-state index contributed by atoms with van der Waals surface area (Å²) in [5, 5.41) is 6.26. The topological polar surface area (TPSA) is 54.0 Å². The smallest absolute Gasteiger partial charge is 0.227 e. The third kappa shape index (κ3) is 4.34. The van der Waals surface area contributed by atoms with Crippen LogP contribution in [0.2, 0.25) is 0 Å². The number of rotatable bonds is 6. The number of thiazole rings is 1. The maximum atomic E-state index is 13.7. The molecular weight excluding hydrogens is 289 g/mol. The van der Waals surface area contributed by atoms with Crippen LogP contribution in [0.15, 0.2) is 24.3 Å². The number of hydrogen-bond acceptors (Lipinski definition) is 4. The van der Waals surface area contributed by atoms with Crippen LogP contribution in [0.25, 0.3) is 0 Å². The summed E-state index contributed by atoms with van der Waals surface area (Å²) >= 11 is 1.39. The fourth-order valence-corrected chi connectivity index (χ4v) is 2.88. The summed E-state index contributed by atoms with van der Waals surface area (Å²) in [7, 11) is 1.80. The summed E-state index contributed by atoms with van der Waals surface area (Å²) in [6.45, 7) is 2.49. The van der Waals surface area contributed by atoms with Crippen LogP contribution in [0.4, 0.5) is 9.52 Å². The van der Waals surface area contributed by atoms with Gasteiger partial charge in [0.1, 0.15) is 5.82 Å². The Kier molecular flexibility index (Phi) is 5.41. The van der Waals surface area contributed by atoms with Crippen molar-refractivity contribution in [2.24, 2.45) is 0 Å². The summed E-state index contributed by atoms with van der Waals surface area (Å²) in [6, 6.07) is 6.70. The molecule has 21 heavy (non-hydrogen) atoms. The van der Waals surface area contributed by atoms with Gasteiger partial charge in [0.05, 0.1) is 5.69 Å². The van der Waals surface area contributed by atoms with Crippen LogP contribution in [0, 0.1) is 12.7 Å². The van der Waals surface area contributed by atoms with Crippen LogP contribution < -0.4 is 10.6 Å². The number of aromatic nitrogens is 1. The zero-order valence-corrected chi connectivity index (χ0v) is 12.9. The quantitative estimate of drug-likeness (QED) is 0.863. The first-order valence-corrected chi connectivity index (χ1v) is 7.56. The van der Waals surface area contributed by atoms with E-state index in [9.17, 15) is 9.18 Å². The van der Waals surface area contributed by atoms with E-state index >= 15 is 0 Å². The zero-order chi connectivity index (χ0) is 15.2. The molecule has 4 nitrogen and oxygen atoms in total. The van der Waals surface area contributed by atoms with Gasteiger partial charge in [0.2, 0.25) is 5.91 Å². The van der Waals surface area contributed by atoms with E-state index in [-0.39, 0.29) is 11.7 Å². The van der Waals surface area contributed by atoms with Gasteiger partial charge in [-0.3, -0.25) is 4.79 Å². The normalized spacial score (nSPS) is 10.6. The third-order valence-corrected chi connectivity index (χ3v) is 4.12. The molecule has 0 saturated heterocycles. The SMILES string of the molecule is CNCCC(=O)Nc1nc(C)c(Cc2ccccc2F)s1. The molecule has 0 atom stereocenters. The Balaban J connectivity index is 2.06. The average molecular weight is 307 g/mol. The van der Waals surface area contributed by atoms with Gasteiger partial charge in [-0.25, -0.2) is 9.37 Å². The lowest BCUT2D eigenvalue weighted by Gasteiger charge is -2.01. The lowest BCUT2D eigenvalue weighted by Crippen LogP contribution is -2.18. The molecule has 1 amide bonds. The number of benzene rings is 1. The maximum absolute atomic E-state index is 13.7. The molecule has 1 aromatic carbocycles. The Labute approximate surface area is 127 Å². The highest BCUT2D eigenvalue weighted by Gasteiger charge is 2.12. The Morgan fingerprint density at radius 3 is 2.86 bits per heavy atom. The second-order valence-corrected chi connectivity index (χ2v) is 5.78. The first-order chi connectivity index (χ1) is 10.1. The van der Waals surface area contributed by atoms with Gasteiger partial charge in [0.15, 0.2) is 5.13 Å². The Morgan fingerprint density at radius 2 is 2.14 bits per heavy atom. The molecule has 0 spiro atoms. The summed E-state index contributed by atoms with van der Waals surface area (Å²) in [4.78, 5) is 17.0. The molecule has 1 aromatic heterocycles. The van der Waals surface area contributed by atoms with Crippen molar-refractivity contribution in [3.8, 4) is 0 Å². The third-order valence-electron chi connectivity index (χ3n) is 3.05. The Morgan fingerprint density at radius 1 is 1.38 bits per heavy atom. The number of nitrogens with zero attached hydrogens (tertiary/aromatic N) is 1. The monoisotopic (exact) mass is 307 g/mol. The average Bonchev–Trinajstić information content (AvgIpc) is 2.79. The van der Waals surface area contributed by atoms with Crippen LogP contribution in [-0.4, -0.2) is 24.5 Å². The van der Waals surface area contributed by atoms with Gasteiger partial charge >= 0.3 is 0 Å². The van der Waals surface area contributed by atoms with Crippen molar-refractivity contribution in [1.29, 1.82) is 0 Å². The molecular formula is C15H18FN3OS. The first-order valence-electron chi connectivity index (χ1n) is 6.74. The molecule has 0 aliphatic carbocycles. The van der Waals surface area contributed by atoms with E-state index in [2.05, 4.69) is 15.6 Å². The number of nitrogens with one attached hydrogen (secondary N) is 2. The van der Waals surface area contributed by atoms with Crippen LogP contribution in [0.3, 0.4) is 0 Å². The van der Waals surface area contributed by atoms with Gasteiger partial charge in [0.25, 0.3) is 0 Å². The zero-order valence-electron chi connectivity index (χ0n) is 12.1. The number of anilines is 1. The Hall–Kier alpha value is -1.79. The molecule has 1 heterocycles. The molecule has 0 saturated carbocycles.